The van der Waals surface area contributed by atoms with Gasteiger partial charge in [-0.25, -0.2) is 0 Å². The molecule has 2 aliphatic carbocycles. The van der Waals surface area contributed by atoms with Crippen LogP contribution in [0.1, 0.15) is 109 Å². The highest BCUT2D eigenvalue weighted by atomic mass is 35.5. The van der Waals surface area contributed by atoms with Crippen molar-refractivity contribution in [3.63, 3.8) is 0 Å². The van der Waals surface area contributed by atoms with E-state index < -0.39 is 0 Å². The number of carbonyl (C=O) groups is 1. The minimum atomic E-state index is -0.0831. The second-order valence-electron chi connectivity index (χ2n) is 18.1. The van der Waals surface area contributed by atoms with Crippen molar-refractivity contribution in [3.05, 3.63) is 150 Å². The van der Waals surface area contributed by atoms with Crippen molar-refractivity contribution >= 4 is 40.3 Å². The van der Waals surface area contributed by atoms with E-state index in [-0.39, 0.29) is 31.0 Å². The van der Waals surface area contributed by atoms with Gasteiger partial charge in [-0.05, 0) is 91.9 Å². The number of pyridine rings is 2. The van der Waals surface area contributed by atoms with Gasteiger partial charge < -0.3 is 15.1 Å². The maximum atomic E-state index is 13.7. The highest BCUT2D eigenvalue weighted by Gasteiger charge is 2.32. The van der Waals surface area contributed by atoms with Crippen LogP contribution in [-0.2, 0) is 45.6 Å². The van der Waals surface area contributed by atoms with Gasteiger partial charge >= 0.3 is 0 Å². The minimum Gasteiger partial charge on any atom is -0.394 e. The van der Waals surface area contributed by atoms with Crippen molar-refractivity contribution < 1.29 is 15.0 Å². The van der Waals surface area contributed by atoms with Gasteiger partial charge in [0.05, 0.1) is 67.0 Å². The lowest BCUT2D eigenvalue weighted by Gasteiger charge is -2.26. The number of aromatic nitrogens is 6. The number of halogens is 2. The molecule has 4 aromatic heterocycles. The van der Waals surface area contributed by atoms with Gasteiger partial charge in [-0.3, -0.25) is 29.0 Å². The zero-order valence-corrected chi connectivity index (χ0v) is 39.9. The van der Waals surface area contributed by atoms with Crippen LogP contribution in [-0.4, -0.2) is 82.8 Å². The summed E-state index contributed by atoms with van der Waals surface area (Å²) in [7, 11) is 3.93. The molecule has 1 amide bonds. The number of aryl methyl sites for hydroxylation is 4. The average molecular weight is 912 g/mol. The Morgan fingerprint density at radius 1 is 0.662 bits per heavy atom. The van der Waals surface area contributed by atoms with Crippen molar-refractivity contribution in [2.45, 2.75) is 98.9 Å². The third-order valence-corrected chi connectivity index (χ3v) is 14.7. The Bertz CT molecular complexity index is 2960. The second kappa shape index (κ2) is 17.8. The zero-order chi connectivity index (χ0) is 46.0. The summed E-state index contributed by atoms with van der Waals surface area (Å²) in [5.74, 6) is 0.0432. The minimum absolute atomic E-state index is 0.0320. The molecule has 0 unspecified atom stereocenters. The number of aliphatic hydroxyl groups excluding tert-OH is 2. The Kier molecular flexibility index (Phi) is 12.2. The summed E-state index contributed by atoms with van der Waals surface area (Å²) in [6.45, 7) is 15.2. The summed E-state index contributed by atoms with van der Waals surface area (Å²) in [6, 6.07) is 12.6. The van der Waals surface area contributed by atoms with Crippen molar-refractivity contribution in [2.24, 2.45) is 0 Å². The van der Waals surface area contributed by atoms with Crippen LogP contribution in [0.2, 0.25) is 10.0 Å². The van der Waals surface area contributed by atoms with Crippen LogP contribution in [0.15, 0.2) is 60.9 Å². The van der Waals surface area contributed by atoms with Crippen molar-refractivity contribution in [1.82, 2.24) is 39.3 Å². The average Bonchev–Trinajstić information content (AvgIpc) is 4.05. The van der Waals surface area contributed by atoms with E-state index in [2.05, 4.69) is 74.2 Å². The number of fused-ring (bicyclic) bond motifs is 8. The van der Waals surface area contributed by atoms with Gasteiger partial charge in [-0.15, -0.1) is 0 Å². The first-order valence-electron chi connectivity index (χ1n) is 22.4. The molecule has 336 valence electrons. The molecule has 4 bridgehead atoms. The smallest absolute Gasteiger partial charge is 0.254 e. The van der Waals surface area contributed by atoms with Crippen molar-refractivity contribution in [2.75, 3.05) is 27.3 Å². The van der Waals surface area contributed by atoms with Crippen LogP contribution >= 0.6 is 23.2 Å². The Hall–Kier alpha value is -5.43. The van der Waals surface area contributed by atoms with E-state index >= 15 is 0 Å². The standard InChI is InChI=1S/C26H27ClN4O2.C26H29ClN4O/c1-14-5-6-19-23(25(14)27)15(2)18-7-8-21-20(18)11-17(12-28-21)24-16(3)29-31(9-10-32)22(24)13-30(4)26(19)33;1-15-5-6-18-13-30(4)14-23-25(17(3)29-31(23)9-10-32)19-11-21-20(7-8-22(21)28-12-19)16(2)24(18)26(15)27/h5-7,11-12,15,32H,8-10,13H2,1-4H3;5-7,11-12,16,32H,8-10,13-14H2,1-4H3/t15-;16-/m00/s1. The van der Waals surface area contributed by atoms with E-state index in [1.807, 2.05) is 50.0 Å². The quantitative estimate of drug-likeness (QED) is 0.179. The van der Waals surface area contributed by atoms with Crippen LogP contribution in [0.3, 0.4) is 0 Å². The van der Waals surface area contributed by atoms with Gasteiger partial charge in [0.15, 0.2) is 0 Å². The van der Waals surface area contributed by atoms with E-state index in [0.29, 0.717) is 30.2 Å². The predicted octanol–water partition coefficient (Wildman–Crippen LogP) is 9.43. The maximum Gasteiger partial charge on any atom is 0.254 e. The molecule has 6 aromatic rings. The summed E-state index contributed by atoms with van der Waals surface area (Å²) in [5.41, 5.74) is 20.9. The molecule has 4 aliphatic rings. The first kappa shape index (κ1) is 44.8. The SMILES string of the molecule is Cc1ccc2c(c1Cl)[C@@H](C)C1=CCc3ncc(cc31)-c1c(C)nn(CCO)c1CN(C)C2.Cc1ccc2c(c1Cl)[C@@H](C)C1=CCc3ncc(cc31)-c1c(C)nn(CCO)c1CN(C)C2=O. The lowest BCUT2D eigenvalue weighted by molar-refractivity contribution is 0.0780. The van der Waals surface area contributed by atoms with Crippen LogP contribution in [0.5, 0.6) is 0 Å². The monoisotopic (exact) mass is 910 g/mol. The summed E-state index contributed by atoms with van der Waals surface area (Å²) in [6.07, 6.45) is 10.0. The predicted molar refractivity (Wildman–Crippen MR) is 258 cm³/mol. The molecule has 11 nitrogen and oxygen atoms in total. The number of hydrogen-bond acceptors (Lipinski definition) is 8. The summed E-state index contributed by atoms with van der Waals surface area (Å²) in [4.78, 5) is 27.4. The third kappa shape index (κ3) is 7.85. The highest BCUT2D eigenvalue weighted by Crippen LogP contribution is 2.46. The van der Waals surface area contributed by atoms with E-state index in [0.717, 1.165) is 115 Å². The van der Waals surface area contributed by atoms with E-state index in [1.165, 1.54) is 22.3 Å². The van der Waals surface area contributed by atoms with E-state index in [4.69, 9.17) is 38.3 Å². The number of hydrogen-bond donors (Lipinski definition) is 2. The summed E-state index contributed by atoms with van der Waals surface area (Å²) in [5, 5.41) is 30.2. The van der Waals surface area contributed by atoms with Gasteiger partial charge in [-0.2, -0.15) is 10.2 Å². The third-order valence-electron chi connectivity index (χ3n) is 13.7. The van der Waals surface area contributed by atoms with E-state index in [1.54, 1.807) is 16.6 Å². The van der Waals surface area contributed by atoms with Crippen LogP contribution in [0.4, 0.5) is 0 Å². The van der Waals surface area contributed by atoms with Crippen LogP contribution in [0, 0.1) is 27.7 Å². The first-order chi connectivity index (χ1) is 31.2. The number of aliphatic hydroxyl groups is 2. The zero-order valence-electron chi connectivity index (χ0n) is 38.4. The number of carbonyl (C=O) groups excluding carboxylic acids is 1. The molecule has 6 heterocycles. The summed E-state index contributed by atoms with van der Waals surface area (Å²) < 4.78 is 3.75. The second-order valence-corrected chi connectivity index (χ2v) is 18.8. The van der Waals surface area contributed by atoms with Gasteiger partial charge in [-0.1, -0.05) is 67.4 Å². The molecule has 2 aliphatic heterocycles. The number of allylic oxidation sites excluding steroid dienone is 4. The lowest BCUT2D eigenvalue weighted by Crippen LogP contribution is -2.29. The van der Waals surface area contributed by atoms with Gasteiger partial charge in [0.2, 0.25) is 0 Å². The fourth-order valence-corrected chi connectivity index (χ4v) is 11.2. The molecule has 0 fully saturated rings. The molecular formula is C52H56Cl2N8O3. The Morgan fingerprint density at radius 3 is 1.69 bits per heavy atom. The van der Waals surface area contributed by atoms with Crippen molar-refractivity contribution in [1.29, 1.82) is 0 Å². The molecule has 0 saturated carbocycles. The highest BCUT2D eigenvalue weighted by molar-refractivity contribution is 6.33. The van der Waals surface area contributed by atoms with Gasteiger partial charge in [0, 0.05) is 106 Å². The fourth-order valence-electron chi connectivity index (χ4n) is 10.5. The number of amides is 1. The fraction of sp³-hybridized carbons (Fsp3) is 0.365. The number of nitrogens with zero attached hydrogens (tertiary/aromatic N) is 8. The molecule has 2 atom stereocenters. The van der Waals surface area contributed by atoms with E-state index in [9.17, 15) is 15.0 Å². The largest absolute Gasteiger partial charge is 0.394 e. The topological polar surface area (TPSA) is 125 Å². The molecule has 65 heavy (non-hydrogen) atoms. The molecule has 13 heteroatoms. The lowest BCUT2D eigenvalue weighted by atomic mass is 9.85. The van der Waals surface area contributed by atoms with Crippen LogP contribution < -0.4 is 0 Å². The normalized spacial score (nSPS) is 17.6. The van der Waals surface area contributed by atoms with Gasteiger partial charge in [0.1, 0.15) is 0 Å². The maximum absolute atomic E-state index is 13.7. The van der Waals surface area contributed by atoms with Gasteiger partial charge in [0.25, 0.3) is 5.91 Å². The molecule has 2 N–H and O–H groups in total. The molecule has 10 rings (SSSR count). The first-order valence-corrected chi connectivity index (χ1v) is 23.2. The number of rotatable bonds is 4. The molecule has 0 spiro atoms. The molecule has 2 aromatic carbocycles. The summed E-state index contributed by atoms with van der Waals surface area (Å²) >= 11 is 13.7. The Labute approximate surface area is 391 Å². The molecule has 0 radical (unpaired) electrons. The molecular weight excluding hydrogens is 856 g/mol. The molecule has 0 saturated heterocycles. The van der Waals surface area contributed by atoms with Crippen molar-refractivity contribution in [3.8, 4) is 22.3 Å². The Morgan fingerprint density at radius 2 is 1.15 bits per heavy atom. The Balaban J connectivity index is 0.000000164. The van der Waals surface area contributed by atoms with Crippen LogP contribution in [0.25, 0.3) is 33.4 Å². The number of benzene rings is 2.